The van der Waals surface area contributed by atoms with Gasteiger partial charge in [0.1, 0.15) is 0 Å². The molecule has 2 heterocycles. The SMILES string of the molecule is CCn1c(SCC(=O)NC(=O)NCCC2=CCCCC2)nnc1-c1ccco1. The van der Waals surface area contributed by atoms with Crippen molar-refractivity contribution in [1.29, 1.82) is 0 Å². The van der Waals surface area contributed by atoms with Crippen LogP contribution in [-0.4, -0.2) is 39.0 Å². The van der Waals surface area contributed by atoms with Gasteiger partial charge in [0.25, 0.3) is 0 Å². The minimum Gasteiger partial charge on any atom is -0.461 e. The summed E-state index contributed by atoms with van der Waals surface area (Å²) in [5, 5.41) is 14.0. The molecule has 0 saturated carbocycles. The number of carbonyl (C=O) groups is 2. The van der Waals surface area contributed by atoms with Gasteiger partial charge in [0, 0.05) is 13.1 Å². The number of nitrogens with zero attached hydrogens (tertiary/aromatic N) is 3. The van der Waals surface area contributed by atoms with Crippen molar-refractivity contribution >= 4 is 23.7 Å². The average Bonchev–Trinajstić information content (AvgIpc) is 3.36. The minimum absolute atomic E-state index is 0.0782. The third-order valence-electron chi connectivity index (χ3n) is 4.48. The Labute approximate surface area is 168 Å². The maximum absolute atomic E-state index is 12.0. The Kier molecular flexibility index (Phi) is 7.30. The molecule has 3 rings (SSSR count). The van der Waals surface area contributed by atoms with Gasteiger partial charge in [-0.25, -0.2) is 4.79 Å². The number of nitrogens with one attached hydrogen (secondary N) is 2. The summed E-state index contributed by atoms with van der Waals surface area (Å²) in [5.41, 5.74) is 1.39. The first-order chi connectivity index (χ1) is 13.7. The van der Waals surface area contributed by atoms with Gasteiger partial charge < -0.3 is 9.73 Å². The summed E-state index contributed by atoms with van der Waals surface area (Å²) in [4.78, 5) is 23.9. The predicted octanol–water partition coefficient (Wildman–Crippen LogP) is 3.37. The van der Waals surface area contributed by atoms with Gasteiger partial charge in [-0.15, -0.1) is 10.2 Å². The van der Waals surface area contributed by atoms with Crippen molar-refractivity contribution < 1.29 is 14.0 Å². The molecule has 0 aromatic carbocycles. The molecule has 3 amide bonds. The Morgan fingerprint density at radius 1 is 1.32 bits per heavy atom. The zero-order valence-corrected chi connectivity index (χ0v) is 16.8. The number of allylic oxidation sites excluding steroid dienone is 1. The summed E-state index contributed by atoms with van der Waals surface area (Å²) in [6.07, 6.45) is 9.37. The number of aromatic nitrogens is 3. The van der Waals surface area contributed by atoms with Crippen LogP contribution in [0.1, 0.15) is 39.0 Å². The quantitative estimate of drug-likeness (QED) is 0.518. The first kappa shape index (κ1) is 20.2. The molecule has 1 aliphatic carbocycles. The van der Waals surface area contributed by atoms with Gasteiger partial charge in [0.05, 0.1) is 12.0 Å². The molecule has 0 radical (unpaired) electrons. The smallest absolute Gasteiger partial charge is 0.321 e. The molecular weight excluding hydrogens is 378 g/mol. The van der Waals surface area contributed by atoms with Crippen LogP contribution < -0.4 is 10.6 Å². The molecule has 0 bridgehead atoms. The summed E-state index contributed by atoms with van der Waals surface area (Å²) < 4.78 is 7.24. The van der Waals surface area contributed by atoms with E-state index in [9.17, 15) is 9.59 Å². The molecule has 0 saturated heterocycles. The van der Waals surface area contributed by atoms with E-state index in [0.717, 1.165) is 19.3 Å². The van der Waals surface area contributed by atoms with E-state index in [1.807, 2.05) is 17.6 Å². The number of furan rings is 1. The number of carbonyl (C=O) groups excluding carboxylic acids is 2. The van der Waals surface area contributed by atoms with Crippen LogP contribution in [0.3, 0.4) is 0 Å². The van der Waals surface area contributed by atoms with Crippen molar-refractivity contribution in [3.05, 3.63) is 30.0 Å². The standard InChI is InChI=1S/C19H25N5O3S/c1-2-24-17(15-9-6-12-27-15)22-23-19(24)28-13-16(25)21-18(26)20-11-10-14-7-4-3-5-8-14/h6-7,9,12H,2-5,8,10-11,13H2,1H3,(H2,20,21,25,26). The summed E-state index contributed by atoms with van der Waals surface area (Å²) in [6, 6.07) is 3.13. The summed E-state index contributed by atoms with van der Waals surface area (Å²) in [7, 11) is 0. The number of imide groups is 1. The Bertz CT molecular complexity index is 829. The van der Waals surface area contributed by atoms with Crippen molar-refractivity contribution in [2.75, 3.05) is 12.3 Å². The van der Waals surface area contributed by atoms with Gasteiger partial charge in [-0.2, -0.15) is 0 Å². The van der Waals surface area contributed by atoms with E-state index in [2.05, 4.69) is 26.9 Å². The van der Waals surface area contributed by atoms with Crippen molar-refractivity contribution in [3.8, 4) is 11.6 Å². The second-order valence-electron chi connectivity index (χ2n) is 6.48. The topological polar surface area (TPSA) is 102 Å². The van der Waals surface area contributed by atoms with E-state index in [-0.39, 0.29) is 11.7 Å². The number of urea groups is 1. The van der Waals surface area contributed by atoms with E-state index in [1.54, 1.807) is 12.3 Å². The Morgan fingerprint density at radius 2 is 2.21 bits per heavy atom. The van der Waals surface area contributed by atoms with Gasteiger partial charge in [-0.3, -0.25) is 14.7 Å². The molecule has 0 atom stereocenters. The number of rotatable bonds is 8. The molecule has 0 aliphatic heterocycles. The molecule has 150 valence electrons. The highest BCUT2D eigenvalue weighted by atomic mass is 32.2. The van der Waals surface area contributed by atoms with E-state index in [0.29, 0.717) is 29.8 Å². The molecular formula is C19H25N5O3S. The van der Waals surface area contributed by atoms with Crippen LogP contribution in [-0.2, 0) is 11.3 Å². The van der Waals surface area contributed by atoms with Crippen LogP contribution in [0, 0.1) is 0 Å². The maximum atomic E-state index is 12.0. The predicted molar refractivity (Wildman–Crippen MR) is 107 cm³/mol. The van der Waals surface area contributed by atoms with Gasteiger partial charge in [0.15, 0.2) is 16.7 Å². The number of thioether (sulfide) groups is 1. The van der Waals surface area contributed by atoms with E-state index >= 15 is 0 Å². The highest BCUT2D eigenvalue weighted by molar-refractivity contribution is 7.99. The van der Waals surface area contributed by atoms with Crippen molar-refractivity contribution in [3.63, 3.8) is 0 Å². The van der Waals surface area contributed by atoms with Crippen LogP contribution in [0.4, 0.5) is 4.79 Å². The monoisotopic (exact) mass is 403 g/mol. The van der Waals surface area contributed by atoms with Crippen LogP contribution in [0.2, 0.25) is 0 Å². The molecule has 2 aromatic rings. The molecule has 0 unspecified atom stereocenters. The molecule has 0 fully saturated rings. The fraction of sp³-hybridized carbons (Fsp3) is 0.474. The summed E-state index contributed by atoms with van der Waals surface area (Å²) in [5.74, 6) is 0.947. The van der Waals surface area contributed by atoms with Crippen molar-refractivity contribution in [1.82, 2.24) is 25.4 Å². The highest BCUT2D eigenvalue weighted by Crippen LogP contribution is 2.24. The zero-order chi connectivity index (χ0) is 19.8. The second kappa shape index (κ2) is 10.1. The highest BCUT2D eigenvalue weighted by Gasteiger charge is 2.17. The molecule has 8 nitrogen and oxygen atoms in total. The van der Waals surface area contributed by atoms with Crippen LogP contribution in [0.5, 0.6) is 0 Å². The Morgan fingerprint density at radius 3 is 2.93 bits per heavy atom. The summed E-state index contributed by atoms with van der Waals surface area (Å²) >= 11 is 1.23. The zero-order valence-electron chi connectivity index (χ0n) is 15.9. The first-order valence-corrected chi connectivity index (χ1v) is 10.5. The lowest BCUT2D eigenvalue weighted by atomic mass is 9.97. The third kappa shape index (κ3) is 5.48. The van der Waals surface area contributed by atoms with Gasteiger partial charge >= 0.3 is 6.03 Å². The fourth-order valence-corrected chi connectivity index (χ4v) is 3.88. The lowest BCUT2D eigenvalue weighted by molar-refractivity contribution is -0.117. The first-order valence-electron chi connectivity index (χ1n) is 9.53. The Balaban J connectivity index is 1.42. The molecule has 2 N–H and O–H groups in total. The average molecular weight is 404 g/mol. The summed E-state index contributed by atoms with van der Waals surface area (Å²) in [6.45, 7) is 3.15. The molecule has 0 spiro atoms. The van der Waals surface area contributed by atoms with E-state index < -0.39 is 6.03 Å². The second-order valence-corrected chi connectivity index (χ2v) is 7.42. The number of hydrogen-bond donors (Lipinski definition) is 2. The molecule has 2 aromatic heterocycles. The lowest BCUT2D eigenvalue weighted by Gasteiger charge is -2.13. The van der Waals surface area contributed by atoms with Gasteiger partial charge in [0.2, 0.25) is 5.91 Å². The van der Waals surface area contributed by atoms with Gasteiger partial charge in [-0.1, -0.05) is 23.4 Å². The minimum atomic E-state index is -0.463. The van der Waals surface area contributed by atoms with Crippen molar-refractivity contribution in [2.24, 2.45) is 0 Å². The van der Waals surface area contributed by atoms with Gasteiger partial charge in [-0.05, 0) is 51.2 Å². The van der Waals surface area contributed by atoms with E-state index in [1.165, 1.54) is 30.2 Å². The fourth-order valence-electron chi connectivity index (χ4n) is 3.07. The maximum Gasteiger partial charge on any atom is 0.321 e. The number of amides is 3. The van der Waals surface area contributed by atoms with Crippen molar-refractivity contribution in [2.45, 2.75) is 50.7 Å². The normalized spacial score (nSPS) is 13.8. The van der Waals surface area contributed by atoms with Crippen LogP contribution in [0.15, 0.2) is 39.6 Å². The molecule has 1 aliphatic rings. The molecule has 9 heteroatoms. The van der Waals surface area contributed by atoms with Crippen LogP contribution in [0.25, 0.3) is 11.6 Å². The number of hydrogen-bond acceptors (Lipinski definition) is 6. The van der Waals surface area contributed by atoms with Crippen LogP contribution >= 0.6 is 11.8 Å². The largest absolute Gasteiger partial charge is 0.461 e. The lowest BCUT2D eigenvalue weighted by Crippen LogP contribution is -2.40. The third-order valence-corrected chi connectivity index (χ3v) is 5.44. The molecule has 28 heavy (non-hydrogen) atoms. The Hall–Kier alpha value is -2.55. The van der Waals surface area contributed by atoms with E-state index in [4.69, 9.17) is 4.42 Å².